The van der Waals surface area contributed by atoms with E-state index < -0.39 is 6.03 Å². The van der Waals surface area contributed by atoms with Gasteiger partial charge in [-0.15, -0.1) is 10.2 Å². The van der Waals surface area contributed by atoms with Crippen LogP contribution in [0, 0.1) is 5.82 Å². The zero-order valence-electron chi connectivity index (χ0n) is 12.2. The van der Waals surface area contributed by atoms with Crippen molar-refractivity contribution in [1.29, 1.82) is 0 Å². The molecule has 122 valence electrons. The number of carbonyl (C=O) groups excluding carboxylic acids is 1. The van der Waals surface area contributed by atoms with Crippen LogP contribution in [0.4, 0.5) is 14.3 Å². The highest BCUT2D eigenvalue weighted by Crippen LogP contribution is 2.32. The number of primary amides is 1. The lowest BCUT2D eigenvalue weighted by molar-refractivity contribution is 0.211. The fourth-order valence-electron chi connectivity index (χ4n) is 2.44. The van der Waals surface area contributed by atoms with Crippen molar-refractivity contribution in [3.05, 3.63) is 28.5 Å². The number of aromatic nitrogens is 2. The molecule has 0 radical (unpaired) electrons. The molecule has 0 saturated carbocycles. The molecule has 1 aromatic carbocycles. The van der Waals surface area contributed by atoms with E-state index in [1.54, 1.807) is 17.0 Å². The molecule has 0 spiro atoms. The van der Waals surface area contributed by atoms with Crippen molar-refractivity contribution in [3.63, 3.8) is 0 Å². The Hall–Kier alpha value is -1.74. The van der Waals surface area contributed by atoms with Gasteiger partial charge in [0.1, 0.15) is 5.82 Å². The standard InChI is InChI=1S/C14H15BrFN5OS/c15-9-2-3-11(16)10(8-9)12-18-19-14(23-12)21-5-1-4-20(6-7-21)13(17)22/h2-3,8H,1,4-7H2,(H2,17,22). The molecule has 0 unspecified atom stereocenters. The number of halogens is 2. The average molecular weight is 400 g/mol. The number of rotatable bonds is 2. The van der Waals surface area contributed by atoms with Crippen molar-refractivity contribution in [2.75, 3.05) is 31.1 Å². The lowest BCUT2D eigenvalue weighted by Gasteiger charge is -2.19. The first-order chi connectivity index (χ1) is 11.0. The van der Waals surface area contributed by atoms with Crippen LogP contribution in [0.1, 0.15) is 6.42 Å². The van der Waals surface area contributed by atoms with Crippen molar-refractivity contribution in [2.24, 2.45) is 5.73 Å². The summed E-state index contributed by atoms with van der Waals surface area (Å²) in [6.45, 7) is 2.59. The van der Waals surface area contributed by atoms with E-state index >= 15 is 0 Å². The van der Waals surface area contributed by atoms with E-state index in [1.165, 1.54) is 17.4 Å². The third-order valence-corrected chi connectivity index (χ3v) is 5.16. The molecule has 23 heavy (non-hydrogen) atoms. The number of nitrogens with zero attached hydrogens (tertiary/aromatic N) is 4. The predicted molar refractivity (Wildman–Crippen MR) is 91.0 cm³/mol. The minimum atomic E-state index is -0.402. The van der Waals surface area contributed by atoms with Crippen LogP contribution >= 0.6 is 27.3 Å². The molecule has 0 aliphatic carbocycles. The van der Waals surface area contributed by atoms with E-state index in [-0.39, 0.29) is 5.82 Å². The Morgan fingerprint density at radius 3 is 2.87 bits per heavy atom. The van der Waals surface area contributed by atoms with Crippen molar-refractivity contribution in [1.82, 2.24) is 15.1 Å². The molecule has 2 aromatic rings. The predicted octanol–water partition coefficient (Wildman–Crippen LogP) is 2.70. The summed E-state index contributed by atoms with van der Waals surface area (Å²) in [5.74, 6) is -0.327. The van der Waals surface area contributed by atoms with Gasteiger partial charge in [-0.05, 0) is 24.6 Å². The van der Waals surface area contributed by atoms with Crippen LogP contribution < -0.4 is 10.6 Å². The van der Waals surface area contributed by atoms with Crippen LogP contribution in [-0.2, 0) is 0 Å². The molecular weight excluding hydrogens is 385 g/mol. The number of hydrogen-bond acceptors (Lipinski definition) is 5. The highest BCUT2D eigenvalue weighted by atomic mass is 79.9. The number of carbonyl (C=O) groups is 1. The maximum Gasteiger partial charge on any atom is 0.314 e. The van der Waals surface area contributed by atoms with Crippen LogP contribution in [0.5, 0.6) is 0 Å². The highest BCUT2D eigenvalue weighted by Gasteiger charge is 2.21. The molecule has 2 N–H and O–H groups in total. The number of benzene rings is 1. The summed E-state index contributed by atoms with van der Waals surface area (Å²) >= 11 is 4.68. The van der Waals surface area contributed by atoms with Crippen LogP contribution in [-0.4, -0.2) is 47.3 Å². The normalized spacial score (nSPS) is 15.6. The smallest absolute Gasteiger partial charge is 0.314 e. The molecule has 1 aliphatic heterocycles. The number of amides is 2. The van der Waals surface area contributed by atoms with Crippen molar-refractivity contribution in [3.8, 4) is 10.6 Å². The van der Waals surface area contributed by atoms with Gasteiger partial charge in [-0.3, -0.25) is 0 Å². The molecule has 1 fully saturated rings. The highest BCUT2D eigenvalue weighted by molar-refractivity contribution is 9.10. The van der Waals surface area contributed by atoms with Gasteiger partial charge in [0.2, 0.25) is 5.13 Å². The molecule has 0 bridgehead atoms. The first-order valence-corrected chi connectivity index (χ1v) is 8.74. The molecule has 1 saturated heterocycles. The molecule has 2 amide bonds. The maximum atomic E-state index is 14.0. The minimum absolute atomic E-state index is 0.327. The average Bonchev–Trinajstić information content (AvgIpc) is 2.86. The van der Waals surface area contributed by atoms with Crippen LogP contribution in [0.3, 0.4) is 0 Å². The molecule has 2 heterocycles. The van der Waals surface area contributed by atoms with Gasteiger partial charge < -0.3 is 15.5 Å². The zero-order valence-corrected chi connectivity index (χ0v) is 14.6. The first kappa shape index (κ1) is 16.1. The quantitative estimate of drug-likeness (QED) is 0.841. The van der Waals surface area contributed by atoms with E-state index in [0.717, 1.165) is 22.6 Å². The molecule has 0 atom stereocenters. The Kier molecular flexibility index (Phi) is 4.76. The Balaban J connectivity index is 1.79. The van der Waals surface area contributed by atoms with Gasteiger partial charge >= 0.3 is 6.03 Å². The Bertz CT molecular complexity index is 725. The van der Waals surface area contributed by atoms with Gasteiger partial charge in [0, 0.05) is 36.2 Å². The molecule has 1 aromatic heterocycles. The summed E-state index contributed by atoms with van der Waals surface area (Å²) in [4.78, 5) is 14.9. The van der Waals surface area contributed by atoms with Crippen LogP contribution in [0.15, 0.2) is 22.7 Å². The molecule has 3 rings (SSSR count). The van der Waals surface area contributed by atoms with Crippen molar-refractivity contribution < 1.29 is 9.18 Å². The SMILES string of the molecule is NC(=O)N1CCCN(c2nnc(-c3cc(Br)ccc3F)s2)CC1. The summed E-state index contributed by atoms with van der Waals surface area (Å²) in [5, 5.41) is 9.55. The number of anilines is 1. The van der Waals surface area contributed by atoms with Crippen molar-refractivity contribution in [2.45, 2.75) is 6.42 Å². The summed E-state index contributed by atoms with van der Waals surface area (Å²) in [6, 6.07) is 4.34. The van der Waals surface area contributed by atoms with E-state index in [0.29, 0.717) is 30.2 Å². The first-order valence-electron chi connectivity index (χ1n) is 7.13. The van der Waals surface area contributed by atoms with E-state index in [2.05, 4.69) is 31.0 Å². The largest absolute Gasteiger partial charge is 0.351 e. The molecular formula is C14H15BrFN5OS. The molecule has 9 heteroatoms. The summed E-state index contributed by atoms with van der Waals surface area (Å²) in [5.41, 5.74) is 5.76. The Labute approximate surface area is 145 Å². The van der Waals surface area contributed by atoms with E-state index in [1.807, 2.05) is 0 Å². The summed E-state index contributed by atoms with van der Waals surface area (Å²) in [7, 11) is 0. The fourth-order valence-corrected chi connectivity index (χ4v) is 3.72. The second kappa shape index (κ2) is 6.79. The lowest BCUT2D eigenvalue weighted by atomic mass is 10.2. The van der Waals surface area contributed by atoms with Gasteiger partial charge in [-0.2, -0.15) is 0 Å². The second-order valence-electron chi connectivity index (χ2n) is 5.18. The number of urea groups is 1. The summed E-state index contributed by atoms with van der Waals surface area (Å²) in [6.07, 6.45) is 0.809. The Morgan fingerprint density at radius 1 is 1.26 bits per heavy atom. The van der Waals surface area contributed by atoms with Gasteiger partial charge in [0.05, 0.1) is 0 Å². The van der Waals surface area contributed by atoms with E-state index in [4.69, 9.17) is 5.73 Å². The fraction of sp³-hybridized carbons (Fsp3) is 0.357. The zero-order chi connectivity index (χ0) is 16.4. The van der Waals surface area contributed by atoms with Gasteiger partial charge in [-0.1, -0.05) is 27.3 Å². The minimum Gasteiger partial charge on any atom is -0.351 e. The molecule has 6 nitrogen and oxygen atoms in total. The third kappa shape index (κ3) is 3.61. The number of nitrogens with two attached hydrogens (primary N) is 1. The van der Waals surface area contributed by atoms with Crippen LogP contribution in [0.2, 0.25) is 0 Å². The van der Waals surface area contributed by atoms with E-state index in [9.17, 15) is 9.18 Å². The monoisotopic (exact) mass is 399 g/mol. The van der Waals surface area contributed by atoms with Gasteiger partial charge in [0.15, 0.2) is 5.01 Å². The van der Waals surface area contributed by atoms with Gasteiger partial charge in [-0.25, -0.2) is 9.18 Å². The lowest BCUT2D eigenvalue weighted by Crippen LogP contribution is -2.38. The number of hydrogen-bond donors (Lipinski definition) is 1. The third-order valence-electron chi connectivity index (χ3n) is 3.65. The molecule has 1 aliphatic rings. The van der Waals surface area contributed by atoms with Crippen LogP contribution in [0.25, 0.3) is 10.6 Å². The Morgan fingerprint density at radius 2 is 2.09 bits per heavy atom. The summed E-state index contributed by atoms with van der Waals surface area (Å²) < 4.78 is 14.7. The van der Waals surface area contributed by atoms with Gasteiger partial charge in [0.25, 0.3) is 0 Å². The maximum absolute atomic E-state index is 14.0. The van der Waals surface area contributed by atoms with Crippen molar-refractivity contribution >= 4 is 38.4 Å². The second-order valence-corrected chi connectivity index (χ2v) is 7.05. The topological polar surface area (TPSA) is 75.4 Å².